The number of hydrogen-bond acceptors (Lipinski definition) is 3. The fourth-order valence-electron chi connectivity index (χ4n) is 3.01. The third-order valence-electron chi connectivity index (χ3n) is 4.24. The number of amides is 1. The van der Waals surface area contributed by atoms with E-state index in [1.165, 1.54) is 23.5 Å². The summed E-state index contributed by atoms with van der Waals surface area (Å²) in [7, 11) is 0. The Morgan fingerprint density at radius 3 is 2.56 bits per heavy atom. The summed E-state index contributed by atoms with van der Waals surface area (Å²) in [5.74, 6) is -0.929. The Kier molecular flexibility index (Phi) is 4.56. The van der Waals surface area contributed by atoms with E-state index in [4.69, 9.17) is 0 Å². The first-order valence-corrected chi connectivity index (χ1v) is 9.22. The number of ketones is 1. The lowest BCUT2D eigenvalue weighted by Gasteiger charge is -2.08. The van der Waals surface area contributed by atoms with Crippen LogP contribution in [0.15, 0.2) is 72.2 Å². The smallest absolute Gasteiger partial charge is 0.244 e. The van der Waals surface area contributed by atoms with Crippen molar-refractivity contribution in [3.05, 3.63) is 88.5 Å². The number of nitrogens with one attached hydrogen (secondary N) is 1. The first kappa shape index (κ1) is 17.2. The molecule has 0 radical (unpaired) electrons. The van der Waals surface area contributed by atoms with E-state index < -0.39 is 5.82 Å². The Labute approximate surface area is 158 Å². The van der Waals surface area contributed by atoms with Gasteiger partial charge in [0.2, 0.25) is 11.7 Å². The van der Waals surface area contributed by atoms with Crippen molar-refractivity contribution in [1.29, 1.82) is 0 Å². The van der Waals surface area contributed by atoms with Crippen molar-refractivity contribution in [3.63, 3.8) is 0 Å². The molecule has 0 fully saturated rings. The average Bonchev–Trinajstić information content (AvgIpc) is 3.32. The molecule has 0 aliphatic carbocycles. The number of halogens is 1. The Balaban J connectivity index is 1.65. The Morgan fingerprint density at radius 1 is 1.00 bits per heavy atom. The summed E-state index contributed by atoms with van der Waals surface area (Å²) in [5, 5.41) is 5.21. The molecule has 0 bridgehead atoms. The van der Waals surface area contributed by atoms with Crippen molar-refractivity contribution in [2.45, 2.75) is 6.54 Å². The van der Waals surface area contributed by atoms with Gasteiger partial charge in [-0.05, 0) is 29.6 Å². The summed E-state index contributed by atoms with van der Waals surface area (Å²) in [6, 6.07) is 17.1. The van der Waals surface area contributed by atoms with E-state index in [2.05, 4.69) is 5.32 Å². The number of carbonyl (C=O) groups excluding carboxylic acids is 2. The Bertz CT molecular complexity index is 1130. The molecule has 0 aliphatic rings. The van der Waals surface area contributed by atoms with E-state index in [0.29, 0.717) is 10.4 Å². The second-order valence-corrected chi connectivity index (χ2v) is 6.97. The molecular weight excluding hydrogens is 363 g/mol. The fourth-order valence-corrected chi connectivity index (χ4v) is 3.68. The van der Waals surface area contributed by atoms with Gasteiger partial charge in [-0.1, -0.05) is 36.4 Å². The number of hydrogen-bond donors (Lipinski definition) is 1. The number of fused-ring (bicyclic) bond motifs is 1. The topological polar surface area (TPSA) is 51.1 Å². The molecule has 0 saturated carbocycles. The van der Waals surface area contributed by atoms with Gasteiger partial charge in [0.1, 0.15) is 12.4 Å². The van der Waals surface area contributed by atoms with Crippen molar-refractivity contribution in [3.8, 4) is 0 Å². The molecule has 0 unspecified atom stereocenters. The van der Waals surface area contributed by atoms with Gasteiger partial charge in [0.25, 0.3) is 0 Å². The van der Waals surface area contributed by atoms with Gasteiger partial charge in [-0.3, -0.25) is 9.59 Å². The van der Waals surface area contributed by atoms with Crippen LogP contribution in [0.1, 0.15) is 15.2 Å². The number of carbonyl (C=O) groups is 2. The standard InChI is InChI=1S/C21H15FN2O2S/c22-16-7-2-3-8-17(16)23-20(25)13-24-12-15(14-6-1-4-9-18(14)24)21(26)19-10-5-11-27-19/h1-12H,13H2,(H,23,25). The molecule has 4 aromatic rings. The largest absolute Gasteiger partial charge is 0.337 e. The number of aromatic nitrogens is 1. The molecule has 27 heavy (non-hydrogen) atoms. The third kappa shape index (κ3) is 3.39. The zero-order valence-corrected chi connectivity index (χ0v) is 15.0. The summed E-state index contributed by atoms with van der Waals surface area (Å²) >= 11 is 1.38. The van der Waals surface area contributed by atoms with Crippen molar-refractivity contribution in [2.75, 3.05) is 5.32 Å². The van der Waals surface area contributed by atoms with E-state index in [1.54, 1.807) is 29.0 Å². The molecule has 4 nitrogen and oxygen atoms in total. The molecule has 6 heteroatoms. The molecule has 0 spiro atoms. The van der Waals surface area contributed by atoms with Crippen LogP contribution in [-0.4, -0.2) is 16.3 Å². The monoisotopic (exact) mass is 378 g/mol. The number of para-hydroxylation sites is 2. The van der Waals surface area contributed by atoms with Crippen LogP contribution in [0.25, 0.3) is 10.9 Å². The quantitative estimate of drug-likeness (QED) is 0.511. The van der Waals surface area contributed by atoms with Gasteiger partial charge in [0.05, 0.1) is 10.6 Å². The van der Waals surface area contributed by atoms with E-state index in [0.717, 1.165) is 10.9 Å². The minimum Gasteiger partial charge on any atom is -0.337 e. The average molecular weight is 378 g/mol. The summed E-state index contributed by atoms with van der Waals surface area (Å²) < 4.78 is 15.5. The molecule has 1 N–H and O–H groups in total. The normalized spacial score (nSPS) is 10.9. The number of thiophene rings is 1. The minimum atomic E-state index is -0.489. The number of benzene rings is 2. The van der Waals surface area contributed by atoms with E-state index in [-0.39, 0.29) is 23.9 Å². The van der Waals surface area contributed by atoms with Crippen LogP contribution in [0.4, 0.5) is 10.1 Å². The summed E-state index contributed by atoms with van der Waals surface area (Å²) in [6.45, 7) is -0.0213. The highest BCUT2D eigenvalue weighted by atomic mass is 32.1. The molecule has 4 rings (SSSR count). The van der Waals surface area contributed by atoms with Gasteiger partial charge in [-0.15, -0.1) is 11.3 Å². The second-order valence-electron chi connectivity index (χ2n) is 6.02. The molecule has 2 aromatic heterocycles. The predicted molar refractivity (Wildman–Crippen MR) is 105 cm³/mol. The first-order chi connectivity index (χ1) is 13.1. The van der Waals surface area contributed by atoms with Crippen LogP contribution < -0.4 is 5.32 Å². The summed E-state index contributed by atoms with van der Waals surface area (Å²) in [4.78, 5) is 25.9. The zero-order valence-electron chi connectivity index (χ0n) is 14.2. The maximum absolute atomic E-state index is 13.7. The SMILES string of the molecule is O=C(Cn1cc(C(=O)c2cccs2)c2ccccc21)Nc1ccccc1F. The molecule has 0 atom stereocenters. The highest BCUT2D eigenvalue weighted by Crippen LogP contribution is 2.25. The predicted octanol–water partition coefficient (Wildman–Crippen LogP) is 4.71. The number of rotatable bonds is 5. The van der Waals surface area contributed by atoms with Crippen LogP contribution in [-0.2, 0) is 11.3 Å². The van der Waals surface area contributed by atoms with Gasteiger partial charge in [-0.25, -0.2) is 4.39 Å². The van der Waals surface area contributed by atoms with Gasteiger partial charge in [0, 0.05) is 22.7 Å². The zero-order chi connectivity index (χ0) is 18.8. The van der Waals surface area contributed by atoms with Crippen molar-refractivity contribution >= 4 is 39.6 Å². The van der Waals surface area contributed by atoms with Crippen molar-refractivity contribution in [2.24, 2.45) is 0 Å². The lowest BCUT2D eigenvalue weighted by atomic mass is 10.1. The molecular formula is C21H15FN2O2S. The molecule has 0 saturated heterocycles. The lowest BCUT2D eigenvalue weighted by molar-refractivity contribution is -0.116. The van der Waals surface area contributed by atoms with Crippen molar-refractivity contribution in [1.82, 2.24) is 4.57 Å². The van der Waals surface area contributed by atoms with Gasteiger partial charge >= 0.3 is 0 Å². The number of anilines is 1. The molecule has 2 aromatic carbocycles. The van der Waals surface area contributed by atoms with Crippen LogP contribution in [0.2, 0.25) is 0 Å². The van der Waals surface area contributed by atoms with Crippen molar-refractivity contribution < 1.29 is 14.0 Å². The Hall–Kier alpha value is -3.25. The highest BCUT2D eigenvalue weighted by Gasteiger charge is 2.18. The lowest BCUT2D eigenvalue weighted by Crippen LogP contribution is -2.19. The molecule has 0 aliphatic heterocycles. The van der Waals surface area contributed by atoms with Crippen LogP contribution in [0.3, 0.4) is 0 Å². The number of nitrogens with zero attached hydrogens (tertiary/aromatic N) is 1. The highest BCUT2D eigenvalue weighted by molar-refractivity contribution is 7.12. The van der Waals surface area contributed by atoms with Crippen LogP contribution in [0.5, 0.6) is 0 Å². The summed E-state index contributed by atoms with van der Waals surface area (Å²) in [5.41, 5.74) is 1.46. The van der Waals surface area contributed by atoms with Gasteiger partial charge in [-0.2, -0.15) is 0 Å². The van der Waals surface area contributed by atoms with Gasteiger partial charge < -0.3 is 9.88 Å². The minimum absolute atomic E-state index is 0.0213. The van der Waals surface area contributed by atoms with E-state index >= 15 is 0 Å². The summed E-state index contributed by atoms with van der Waals surface area (Å²) in [6.07, 6.45) is 1.69. The maximum Gasteiger partial charge on any atom is 0.244 e. The van der Waals surface area contributed by atoms with E-state index in [9.17, 15) is 14.0 Å². The van der Waals surface area contributed by atoms with E-state index in [1.807, 2.05) is 35.7 Å². The maximum atomic E-state index is 13.7. The molecule has 134 valence electrons. The molecule has 1 amide bonds. The van der Waals surface area contributed by atoms with Crippen LogP contribution in [0, 0.1) is 5.82 Å². The van der Waals surface area contributed by atoms with Crippen LogP contribution >= 0.6 is 11.3 Å². The Morgan fingerprint density at radius 2 is 1.78 bits per heavy atom. The fraction of sp³-hybridized carbons (Fsp3) is 0.0476. The molecule has 2 heterocycles. The third-order valence-corrected chi connectivity index (χ3v) is 5.11. The van der Waals surface area contributed by atoms with Gasteiger partial charge in [0.15, 0.2) is 0 Å². The first-order valence-electron chi connectivity index (χ1n) is 8.34. The second kappa shape index (κ2) is 7.17.